The predicted octanol–water partition coefficient (Wildman–Crippen LogP) is -0.253. The van der Waals surface area contributed by atoms with Gasteiger partial charge in [-0.15, -0.1) is 0 Å². The van der Waals surface area contributed by atoms with Crippen LogP contribution >= 0.6 is 22.6 Å². The van der Waals surface area contributed by atoms with Gasteiger partial charge in [0, 0.05) is 13.6 Å². The van der Waals surface area contributed by atoms with Crippen molar-refractivity contribution in [1.29, 1.82) is 0 Å². The molecule has 0 saturated heterocycles. The summed E-state index contributed by atoms with van der Waals surface area (Å²) in [4.78, 5) is 11.4. The zero-order valence-corrected chi connectivity index (χ0v) is 9.28. The van der Waals surface area contributed by atoms with E-state index < -0.39 is 0 Å². The Labute approximate surface area is 89.3 Å². The fourth-order valence-electron chi connectivity index (χ4n) is 0.840. The Balaban J connectivity index is 2.71. The van der Waals surface area contributed by atoms with E-state index >= 15 is 0 Å². The molecule has 0 unspecified atom stereocenters. The monoisotopic (exact) mass is 295 g/mol. The van der Waals surface area contributed by atoms with Gasteiger partial charge >= 0.3 is 0 Å². The molecule has 0 aliphatic rings. The van der Waals surface area contributed by atoms with Crippen molar-refractivity contribution in [2.75, 3.05) is 13.2 Å². The molecule has 0 saturated carbocycles. The number of carbonyl (C=O) groups is 1. The molecular weight excluding hydrogens is 285 g/mol. The molecule has 72 valence electrons. The van der Waals surface area contributed by atoms with Crippen LogP contribution in [0.5, 0.6) is 0 Å². The first-order chi connectivity index (χ1) is 6.16. The number of hydrogen-bond donors (Lipinski definition) is 2. The SMILES string of the molecule is Cn1ncc(C(=O)NCCO)c1I. The maximum atomic E-state index is 11.4. The average molecular weight is 295 g/mol. The van der Waals surface area contributed by atoms with E-state index in [1.807, 2.05) is 22.6 Å². The van der Waals surface area contributed by atoms with Gasteiger partial charge in [0.2, 0.25) is 0 Å². The Morgan fingerprint density at radius 2 is 2.54 bits per heavy atom. The van der Waals surface area contributed by atoms with Crippen molar-refractivity contribution in [3.05, 3.63) is 15.5 Å². The average Bonchev–Trinajstić information content (AvgIpc) is 2.44. The lowest BCUT2D eigenvalue weighted by Crippen LogP contribution is -2.26. The summed E-state index contributed by atoms with van der Waals surface area (Å²) >= 11 is 2.04. The van der Waals surface area contributed by atoms with Crippen molar-refractivity contribution >= 4 is 28.5 Å². The highest BCUT2D eigenvalue weighted by Crippen LogP contribution is 2.09. The van der Waals surface area contributed by atoms with Gasteiger partial charge in [0.1, 0.15) is 3.70 Å². The second-order valence-corrected chi connectivity index (χ2v) is 3.47. The smallest absolute Gasteiger partial charge is 0.255 e. The fourth-order valence-corrected chi connectivity index (χ4v) is 1.35. The molecule has 13 heavy (non-hydrogen) atoms. The molecule has 1 aromatic heterocycles. The molecule has 0 radical (unpaired) electrons. The van der Waals surface area contributed by atoms with Gasteiger partial charge in [-0.2, -0.15) is 5.10 Å². The summed E-state index contributed by atoms with van der Waals surface area (Å²) in [6.07, 6.45) is 1.51. The number of nitrogens with zero attached hydrogens (tertiary/aromatic N) is 2. The second kappa shape index (κ2) is 4.56. The van der Waals surface area contributed by atoms with E-state index in [4.69, 9.17) is 5.11 Å². The molecule has 0 aromatic carbocycles. The van der Waals surface area contributed by atoms with E-state index in [-0.39, 0.29) is 19.1 Å². The molecule has 1 aromatic rings. The standard InChI is InChI=1S/C7H10IN3O2/c1-11-6(8)5(4-10-11)7(13)9-2-3-12/h4,12H,2-3H2,1H3,(H,9,13). The van der Waals surface area contributed by atoms with E-state index in [2.05, 4.69) is 10.4 Å². The molecule has 1 rings (SSSR count). The Kier molecular flexibility index (Phi) is 3.67. The summed E-state index contributed by atoms with van der Waals surface area (Å²) in [5.74, 6) is -0.202. The van der Waals surface area contributed by atoms with Crippen LogP contribution < -0.4 is 5.32 Å². The molecule has 1 heterocycles. The highest BCUT2D eigenvalue weighted by Gasteiger charge is 2.12. The van der Waals surface area contributed by atoms with Crippen LogP contribution in [-0.4, -0.2) is 33.9 Å². The Hall–Kier alpha value is -0.630. The van der Waals surface area contributed by atoms with Crippen LogP contribution in [0, 0.1) is 3.70 Å². The predicted molar refractivity (Wildman–Crippen MR) is 55.3 cm³/mol. The largest absolute Gasteiger partial charge is 0.395 e. The zero-order valence-electron chi connectivity index (χ0n) is 7.12. The number of rotatable bonds is 3. The highest BCUT2D eigenvalue weighted by molar-refractivity contribution is 14.1. The normalized spacial score (nSPS) is 10.1. The molecule has 0 spiro atoms. The first-order valence-electron chi connectivity index (χ1n) is 3.73. The van der Waals surface area contributed by atoms with Gasteiger partial charge in [-0.05, 0) is 22.6 Å². The second-order valence-electron chi connectivity index (χ2n) is 2.45. The van der Waals surface area contributed by atoms with E-state index in [0.717, 1.165) is 3.70 Å². The van der Waals surface area contributed by atoms with Crippen molar-refractivity contribution in [3.8, 4) is 0 Å². The Bertz CT molecular complexity index is 311. The van der Waals surface area contributed by atoms with Crippen LogP contribution in [0.2, 0.25) is 0 Å². The zero-order chi connectivity index (χ0) is 9.84. The molecule has 0 atom stereocenters. The molecule has 5 nitrogen and oxygen atoms in total. The molecule has 0 fully saturated rings. The minimum absolute atomic E-state index is 0.0530. The fraction of sp³-hybridized carbons (Fsp3) is 0.429. The summed E-state index contributed by atoms with van der Waals surface area (Å²) in [5, 5.41) is 15.0. The maximum absolute atomic E-state index is 11.4. The quantitative estimate of drug-likeness (QED) is 0.756. The summed E-state index contributed by atoms with van der Waals surface area (Å²) in [5.41, 5.74) is 0.538. The molecule has 1 amide bonds. The molecule has 0 bridgehead atoms. The van der Waals surface area contributed by atoms with Crippen molar-refractivity contribution in [1.82, 2.24) is 15.1 Å². The van der Waals surface area contributed by atoms with Crippen LogP contribution in [0.1, 0.15) is 10.4 Å². The summed E-state index contributed by atoms with van der Waals surface area (Å²) in [6, 6.07) is 0. The van der Waals surface area contributed by atoms with E-state index in [9.17, 15) is 4.79 Å². The molecular formula is C7H10IN3O2. The molecule has 0 aliphatic heterocycles. The van der Waals surface area contributed by atoms with Crippen molar-refractivity contribution in [2.24, 2.45) is 7.05 Å². The lowest BCUT2D eigenvalue weighted by molar-refractivity contribution is 0.0944. The number of aromatic nitrogens is 2. The number of halogens is 1. The molecule has 6 heteroatoms. The molecule has 2 N–H and O–H groups in total. The van der Waals surface area contributed by atoms with Gasteiger partial charge in [-0.3, -0.25) is 9.48 Å². The first kappa shape index (κ1) is 10.5. The lowest BCUT2D eigenvalue weighted by Gasteiger charge is -2.00. The third kappa shape index (κ3) is 2.41. The Morgan fingerprint density at radius 3 is 3.00 bits per heavy atom. The van der Waals surface area contributed by atoms with E-state index in [0.29, 0.717) is 5.56 Å². The maximum Gasteiger partial charge on any atom is 0.255 e. The van der Waals surface area contributed by atoms with Gasteiger partial charge in [-0.1, -0.05) is 0 Å². The van der Waals surface area contributed by atoms with E-state index in [1.54, 1.807) is 11.7 Å². The van der Waals surface area contributed by atoms with Crippen LogP contribution in [0.4, 0.5) is 0 Å². The van der Waals surface area contributed by atoms with Crippen LogP contribution in [0.15, 0.2) is 6.20 Å². The summed E-state index contributed by atoms with van der Waals surface area (Å²) in [6.45, 7) is 0.215. The van der Waals surface area contributed by atoms with Gasteiger partial charge in [0.25, 0.3) is 5.91 Å². The topological polar surface area (TPSA) is 67.2 Å². The van der Waals surface area contributed by atoms with Crippen LogP contribution in [0.3, 0.4) is 0 Å². The van der Waals surface area contributed by atoms with Gasteiger partial charge in [0.15, 0.2) is 0 Å². The number of hydrogen-bond acceptors (Lipinski definition) is 3. The van der Waals surface area contributed by atoms with Crippen LogP contribution in [-0.2, 0) is 7.05 Å². The van der Waals surface area contributed by atoms with Gasteiger partial charge in [0.05, 0.1) is 18.4 Å². The first-order valence-corrected chi connectivity index (χ1v) is 4.81. The summed E-state index contributed by atoms with van der Waals surface area (Å²) in [7, 11) is 1.77. The minimum Gasteiger partial charge on any atom is -0.395 e. The summed E-state index contributed by atoms with van der Waals surface area (Å²) < 4.78 is 2.40. The molecule has 0 aliphatic carbocycles. The van der Waals surface area contributed by atoms with Gasteiger partial charge < -0.3 is 10.4 Å². The number of aryl methyl sites for hydroxylation is 1. The third-order valence-electron chi connectivity index (χ3n) is 1.51. The van der Waals surface area contributed by atoms with Crippen molar-refractivity contribution < 1.29 is 9.90 Å². The Morgan fingerprint density at radius 1 is 1.85 bits per heavy atom. The van der Waals surface area contributed by atoms with Gasteiger partial charge in [-0.25, -0.2) is 0 Å². The van der Waals surface area contributed by atoms with Crippen LogP contribution in [0.25, 0.3) is 0 Å². The number of nitrogens with one attached hydrogen (secondary N) is 1. The number of aliphatic hydroxyl groups excluding tert-OH is 1. The lowest BCUT2D eigenvalue weighted by atomic mass is 10.3. The third-order valence-corrected chi connectivity index (χ3v) is 2.79. The number of aliphatic hydroxyl groups is 1. The highest BCUT2D eigenvalue weighted by atomic mass is 127. The van der Waals surface area contributed by atoms with Crippen molar-refractivity contribution in [3.63, 3.8) is 0 Å². The number of carbonyl (C=O) groups excluding carboxylic acids is 1. The van der Waals surface area contributed by atoms with Crippen molar-refractivity contribution in [2.45, 2.75) is 0 Å². The number of amides is 1. The minimum atomic E-state index is -0.202. The van der Waals surface area contributed by atoms with E-state index in [1.165, 1.54) is 6.20 Å².